The van der Waals surface area contributed by atoms with Crippen LogP contribution in [0.2, 0.25) is 0 Å². The van der Waals surface area contributed by atoms with E-state index in [-0.39, 0.29) is 26.7 Å². The summed E-state index contributed by atoms with van der Waals surface area (Å²) in [5.74, 6) is -4.50. The van der Waals surface area contributed by atoms with Crippen LogP contribution in [0.5, 0.6) is 0 Å². The van der Waals surface area contributed by atoms with Gasteiger partial charge in [0.05, 0.1) is 5.57 Å². The van der Waals surface area contributed by atoms with Gasteiger partial charge >= 0.3 is 18.3 Å². The Hall–Kier alpha value is -3.01. The first kappa shape index (κ1) is 22.8. The predicted octanol–water partition coefficient (Wildman–Crippen LogP) is 7.81. The van der Waals surface area contributed by atoms with E-state index in [9.17, 15) is 36.2 Å². The van der Waals surface area contributed by atoms with E-state index in [2.05, 4.69) is 0 Å². The normalized spacial score (nSPS) is 22.4. The van der Waals surface area contributed by atoms with Crippen LogP contribution in [0.1, 0.15) is 34.2 Å². The molecule has 3 aromatic rings. The summed E-state index contributed by atoms with van der Waals surface area (Å²) in [6, 6.07) is 10.8. The second-order valence-electron chi connectivity index (χ2n) is 8.96. The molecule has 3 nitrogen and oxygen atoms in total. The number of benzene rings is 1. The van der Waals surface area contributed by atoms with Gasteiger partial charge in [0, 0.05) is 33.2 Å². The lowest BCUT2D eigenvalue weighted by Gasteiger charge is -2.29. The number of para-hydroxylation sites is 1. The highest BCUT2D eigenvalue weighted by Gasteiger charge is 2.68. The molecule has 2 aromatic heterocycles. The summed E-state index contributed by atoms with van der Waals surface area (Å²) in [5.41, 5.74) is -4.26. The van der Waals surface area contributed by atoms with Crippen molar-refractivity contribution in [2.24, 2.45) is 17.3 Å². The maximum atomic E-state index is 14.2. The zero-order valence-corrected chi connectivity index (χ0v) is 18.5. The van der Waals surface area contributed by atoms with Crippen LogP contribution >= 0.6 is 11.3 Å². The van der Waals surface area contributed by atoms with E-state index in [1.165, 1.54) is 32.0 Å². The number of hydrogen-bond acceptors (Lipinski definition) is 3. The maximum absolute atomic E-state index is 14.2. The smallest absolute Gasteiger partial charge is 0.413 e. The Kier molecular flexibility index (Phi) is 4.69. The molecular formula is C24H16F6O3S. The van der Waals surface area contributed by atoms with E-state index in [0.29, 0.717) is 11.0 Å². The minimum atomic E-state index is -5.22. The number of rotatable bonds is 3. The largest absolute Gasteiger partial charge is 0.477 e. The van der Waals surface area contributed by atoms with Gasteiger partial charge in [-0.3, -0.25) is 0 Å². The maximum Gasteiger partial charge on any atom is 0.413 e. The molecule has 0 aliphatic heterocycles. The topological polar surface area (TPSA) is 50.4 Å². The lowest BCUT2D eigenvalue weighted by atomic mass is 9.75. The third-order valence-corrected chi connectivity index (χ3v) is 7.71. The van der Waals surface area contributed by atoms with E-state index in [4.69, 9.17) is 4.42 Å². The van der Waals surface area contributed by atoms with Crippen LogP contribution in [-0.2, 0) is 0 Å². The van der Waals surface area contributed by atoms with Gasteiger partial charge < -0.3 is 9.52 Å². The van der Waals surface area contributed by atoms with Gasteiger partial charge in [0.25, 0.3) is 0 Å². The van der Waals surface area contributed by atoms with Gasteiger partial charge in [-0.1, -0.05) is 32.0 Å². The first-order valence-corrected chi connectivity index (χ1v) is 11.0. The molecule has 0 amide bonds. The Morgan fingerprint density at radius 2 is 1.53 bits per heavy atom. The number of aromatic carboxylic acids is 1. The summed E-state index contributed by atoms with van der Waals surface area (Å²) in [7, 11) is 0. The molecule has 2 atom stereocenters. The van der Waals surface area contributed by atoms with Crippen LogP contribution in [0.25, 0.3) is 22.1 Å². The molecule has 5 rings (SSSR count). The third kappa shape index (κ3) is 3.14. The van der Waals surface area contributed by atoms with Crippen molar-refractivity contribution in [3.63, 3.8) is 0 Å². The van der Waals surface area contributed by atoms with Gasteiger partial charge in [0.1, 0.15) is 16.2 Å². The Balaban J connectivity index is 1.85. The number of furan rings is 1. The Morgan fingerprint density at radius 3 is 2.06 bits per heavy atom. The van der Waals surface area contributed by atoms with Crippen LogP contribution in [-0.4, -0.2) is 23.4 Å². The molecule has 0 radical (unpaired) electrons. The molecular weight excluding hydrogens is 482 g/mol. The third-order valence-electron chi connectivity index (χ3n) is 6.61. The molecule has 178 valence electrons. The molecule has 2 aliphatic carbocycles. The lowest BCUT2D eigenvalue weighted by Crippen LogP contribution is -2.27. The number of allylic oxidation sites excluding steroid dienone is 4. The number of alkyl halides is 6. The van der Waals surface area contributed by atoms with Crippen molar-refractivity contribution in [3.8, 4) is 0 Å². The highest BCUT2D eigenvalue weighted by Crippen LogP contribution is 2.72. The molecule has 1 N–H and O–H groups in total. The summed E-state index contributed by atoms with van der Waals surface area (Å²) in [5, 5.41) is 9.91. The molecule has 0 saturated heterocycles. The predicted molar refractivity (Wildman–Crippen MR) is 114 cm³/mol. The molecule has 10 heteroatoms. The number of carbonyl (C=O) groups is 1. The SMILES string of the molecule is CC1(C)C2C(c3cc4ccccc4o3)=C(c3ccc(C(=O)O)s3)C1C(C(F)(F)F)=C2C(F)(F)F. The highest BCUT2D eigenvalue weighted by atomic mass is 32.1. The van der Waals surface area contributed by atoms with E-state index in [1.54, 1.807) is 24.3 Å². The van der Waals surface area contributed by atoms with Crippen molar-refractivity contribution in [2.75, 3.05) is 0 Å². The fourth-order valence-electron chi connectivity index (χ4n) is 5.46. The zero-order valence-electron chi connectivity index (χ0n) is 17.6. The number of carboxylic acids is 1. The van der Waals surface area contributed by atoms with Crippen molar-refractivity contribution >= 4 is 39.4 Å². The summed E-state index contributed by atoms with van der Waals surface area (Å²) >= 11 is 0.735. The van der Waals surface area contributed by atoms with Crippen molar-refractivity contribution in [1.29, 1.82) is 0 Å². The van der Waals surface area contributed by atoms with Crippen LogP contribution in [0.15, 0.2) is 58.0 Å². The van der Waals surface area contributed by atoms with E-state index in [1.807, 2.05) is 0 Å². The molecule has 0 fully saturated rings. The fourth-order valence-corrected chi connectivity index (χ4v) is 6.39. The minimum absolute atomic E-state index is 0.0188. The van der Waals surface area contributed by atoms with Crippen LogP contribution < -0.4 is 0 Å². The first-order chi connectivity index (χ1) is 15.7. The summed E-state index contributed by atoms with van der Waals surface area (Å²) in [6.45, 7) is 2.77. The standard InChI is InChI=1S/C24H16F6O3S/c1-22(2)17-15(12-9-10-5-3-4-6-11(10)33-12)16(13-7-8-14(34-13)21(31)32)18(22)20(24(28,29)30)19(17)23(25,26)27/h3-9,17-18H,1-2H3,(H,31,32). The van der Waals surface area contributed by atoms with Gasteiger partial charge in [0.2, 0.25) is 0 Å². The molecule has 2 bridgehead atoms. The van der Waals surface area contributed by atoms with E-state index in [0.717, 1.165) is 11.3 Å². The number of hydrogen-bond donors (Lipinski definition) is 1. The second-order valence-corrected chi connectivity index (χ2v) is 10.0. The van der Waals surface area contributed by atoms with Gasteiger partial charge in [0.15, 0.2) is 0 Å². The number of fused-ring (bicyclic) bond motifs is 3. The van der Waals surface area contributed by atoms with Crippen molar-refractivity contribution < 1.29 is 40.7 Å². The number of carboxylic acid groups (broad SMARTS) is 1. The van der Waals surface area contributed by atoms with Gasteiger partial charge in [-0.2, -0.15) is 26.3 Å². The van der Waals surface area contributed by atoms with Crippen LogP contribution in [0.3, 0.4) is 0 Å². The molecule has 2 aliphatic rings. The second kappa shape index (κ2) is 7.00. The Morgan fingerprint density at radius 1 is 0.941 bits per heavy atom. The molecule has 2 heterocycles. The lowest BCUT2D eigenvalue weighted by molar-refractivity contribution is -0.117. The number of halogens is 6. The van der Waals surface area contributed by atoms with Gasteiger partial charge in [-0.05, 0) is 35.3 Å². The van der Waals surface area contributed by atoms with Crippen molar-refractivity contribution in [1.82, 2.24) is 0 Å². The average Bonchev–Trinajstić information content (AvgIpc) is 3.45. The molecule has 0 spiro atoms. The quantitative estimate of drug-likeness (QED) is 0.296. The molecule has 1 aromatic carbocycles. The fraction of sp³-hybridized carbons (Fsp3) is 0.292. The number of thiophene rings is 1. The zero-order chi connectivity index (χ0) is 24.8. The first-order valence-electron chi connectivity index (χ1n) is 10.2. The van der Waals surface area contributed by atoms with Crippen LogP contribution in [0, 0.1) is 17.3 Å². The molecule has 2 unspecified atom stereocenters. The van der Waals surface area contributed by atoms with E-state index < -0.39 is 46.7 Å². The Labute approximate surface area is 193 Å². The summed E-state index contributed by atoms with van der Waals surface area (Å²) in [6.07, 6.45) is -10.4. The van der Waals surface area contributed by atoms with Crippen molar-refractivity contribution in [2.45, 2.75) is 26.2 Å². The average molecular weight is 498 g/mol. The monoisotopic (exact) mass is 498 g/mol. The minimum Gasteiger partial charge on any atom is -0.477 e. The van der Waals surface area contributed by atoms with Crippen LogP contribution in [0.4, 0.5) is 26.3 Å². The summed E-state index contributed by atoms with van der Waals surface area (Å²) in [4.78, 5) is 11.5. The van der Waals surface area contributed by atoms with E-state index >= 15 is 0 Å². The van der Waals surface area contributed by atoms with Crippen molar-refractivity contribution in [3.05, 3.63) is 69.1 Å². The molecule has 34 heavy (non-hydrogen) atoms. The highest BCUT2D eigenvalue weighted by molar-refractivity contribution is 7.15. The Bertz CT molecular complexity index is 1370. The molecule has 0 saturated carbocycles. The van der Waals surface area contributed by atoms with Gasteiger partial charge in [-0.25, -0.2) is 4.79 Å². The summed E-state index contributed by atoms with van der Waals surface area (Å²) < 4.78 is 90.9. The van der Waals surface area contributed by atoms with Gasteiger partial charge in [-0.15, -0.1) is 11.3 Å².